The van der Waals surface area contributed by atoms with Crippen LogP contribution in [0.15, 0.2) is 39.2 Å². The summed E-state index contributed by atoms with van der Waals surface area (Å²) in [6.45, 7) is 1.85. The summed E-state index contributed by atoms with van der Waals surface area (Å²) in [7, 11) is 0. The number of furan rings is 1. The van der Waals surface area contributed by atoms with Gasteiger partial charge < -0.3 is 9.52 Å². The highest BCUT2D eigenvalue weighted by Crippen LogP contribution is 2.35. The van der Waals surface area contributed by atoms with Crippen molar-refractivity contribution in [3.63, 3.8) is 0 Å². The van der Waals surface area contributed by atoms with Gasteiger partial charge >= 0.3 is 5.97 Å². The quantitative estimate of drug-likeness (QED) is 0.911. The van der Waals surface area contributed by atoms with Crippen molar-refractivity contribution in [1.29, 1.82) is 0 Å². The number of amides is 1. The number of carboxylic acid groups (broad SMARTS) is 1. The highest BCUT2D eigenvalue weighted by Gasteiger charge is 2.34. The van der Waals surface area contributed by atoms with Gasteiger partial charge in [-0.1, -0.05) is 6.07 Å². The maximum absolute atomic E-state index is 12.4. The molecule has 120 valence electrons. The molecule has 3 heterocycles. The van der Waals surface area contributed by atoms with Crippen molar-refractivity contribution < 1.29 is 19.1 Å². The Kier molecular flexibility index (Phi) is 4.29. The number of carboxylic acids is 1. The van der Waals surface area contributed by atoms with Crippen molar-refractivity contribution in [2.75, 3.05) is 0 Å². The second kappa shape index (κ2) is 6.37. The average molecular weight is 332 g/mol. The van der Waals surface area contributed by atoms with Crippen LogP contribution in [-0.2, 0) is 9.59 Å². The van der Waals surface area contributed by atoms with Crippen molar-refractivity contribution in [2.24, 2.45) is 5.10 Å². The second-order valence-corrected chi connectivity index (χ2v) is 6.30. The minimum atomic E-state index is -0.990. The Morgan fingerprint density at radius 3 is 2.83 bits per heavy atom. The van der Waals surface area contributed by atoms with Gasteiger partial charge in [0.05, 0.1) is 12.5 Å². The third-order valence-electron chi connectivity index (χ3n) is 3.62. The molecule has 0 unspecified atom stereocenters. The van der Waals surface area contributed by atoms with E-state index in [2.05, 4.69) is 5.10 Å². The van der Waals surface area contributed by atoms with Crippen molar-refractivity contribution in [3.8, 4) is 0 Å². The molecule has 7 heteroatoms. The van der Waals surface area contributed by atoms with Crippen molar-refractivity contribution >= 4 is 28.9 Å². The normalized spacial score (nSPS) is 17.3. The first-order valence-electron chi connectivity index (χ1n) is 7.26. The van der Waals surface area contributed by atoms with E-state index in [1.165, 1.54) is 5.01 Å². The Labute approximate surface area is 137 Å². The van der Waals surface area contributed by atoms with Crippen LogP contribution in [0.4, 0.5) is 0 Å². The number of rotatable bonds is 5. The molecule has 0 aromatic carbocycles. The van der Waals surface area contributed by atoms with Gasteiger partial charge in [-0.05, 0) is 30.5 Å². The lowest BCUT2D eigenvalue weighted by Gasteiger charge is -2.20. The summed E-state index contributed by atoms with van der Waals surface area (Å²) in [6, 6.07) is 7.38. The summed E-state index contributed by atoms with van der Waals surface area (Å²) < 4.78 is 5.60. The Balaban J connectivity index is 1.85. The van der Waals surface area contributed by atoms with Gasteiger partial charge in [-0.2, -0.15) is 5.10 Å². The molecule has 0 spiro atoms. The Morgan fingerprint density at radius 2 is 2.22 bits per heavy atom. The fraction of sp³-hybridized carbons (Fsp3) is 0.312. The molecule has 0 saturated carbocycles. The van der Waals surface area contributed by atoms with Gasteiger partial charge in [-0.3, -0.25) is 9.59 Å². The van der Waals surface area contributed by atoms with E-state index >= 15 is 0 Å². The van der Waals surface area contributed by atoms with E-state index in [1.807, 2.05) is 36.6 Å². The zero-order chi connectivity index (χ0) is 16.4. The van der Waals surface area contributed by atoms with Gasteiger partial charge in [0, 0.05) is 17.7 Å². The molecule has 23 heavy (non-hydrogen) atoms. The topological polar surface area (TPSA) is 83.1 Å². The van der Waals surface area contributed by atoms with E-state index < -0.39 is 5.97 Å². The molecular formula is C16H16N2O4S. The molecule has 0 aliphatic carbocycles. The molecule has 1 aliphatic rings. The van der Waals surface area contributed by atoms with Gasteiger partial charge in [-0.25, -0.2) is 5.01 Å². The van der Waals surface area contributed by atoms with Crippen LogP contribution in [0.2, 0.25) is 0 Å². The highest BCUT2D eigenvalue weighted by atomic mass is 32.1. The molecule has 1 atom stereocenters. The number of thiophene rings is 1. The number of carbonyl (C=O) groups excluding carboxylic acids is 1. The lowest BCUT2D eigenvalue weighted by molar-refractivity contribution is -0.141. The minimum Gasteiger partial charge on any atom is -0.481 e. The maximum Gasteiger partial charge on any atom is 0.303 e. The van der Waals surface area contributed by atoms with Gasteiger partial charge in [0.15, 0.2) is 0 Å². The molecule has 6 nitrogen and oxygen atoms in total. The summed E-state index contributed by atoms with van der Waals surface area (Å²) in [4.78, 5) is 24.1. The summed E-state index contributed by atoms with van der Waals surface area (Å²) in [5, 5.41) is 16.5. The van der Waals surface area contributed by atoms with Crippen molar-refractivity contribution in [3.05, 3.63) is 46.0 Å². The molecule has 0 radical (unpaired) electrons. The molecule has 2 aromatic rings. The van der Waals surface area contributed by atoms with Crippen molar-refractivity contribution in [2.45, 2.75) is 32.2 Å². The lowest BCUT2D eigenvalue weighted by atomic mass is 10.1. The minimum absolute atomic E-state index is 0.0643. The third-order valence-corrected chi connectivity index (χ3v) is 4.59. The van der Waals surface area contributed by atoms with Gasteiger partial charge in [0.25, 0.3) is 0 Å². The monoisotopic (exact) mass is 332 g/mol. The number of hydrogen-bond acceptors (Lipinski definition) is 5. The molecule has 3 rings (SSSR count). The lowest BCUT2D eigenvalue weighted by Crippen LogP contribution is -2.26. The van der Waals surface area contributed by atoms with Crippen LogP contribution in [0, 0.1) is 6.92 Å². The highest BCUT2D eigenvalue weighted by molar-refractivity contribution is 7.10. The Morgan fingerprint density at radius 1 is 1.39 bits per heavy atom. The number of aliphatic carboxylic acids is 1. The summed E-state index contributed by atoms with van der Waals surface area (Å²) in [5.74, 6) is 0.156. The smallest absolute Gasteiger partial charge is 0.303 e. The van der Waals surface area contributed by atoms with E-state index in [1.54, 1.807) is 11.3 Å². The van der Waals surface area contributed by atoms with E-state index in [-0.39, 0.29) is 24.8 Å². The molecule has 1 aliphatic heterocycles. The average Bonchev–Trinajstić information content (AvgIpc) is 3.23. The predicted octanol–water partition coefficient (Wildman–Crippen LogP) is 3.19. The first kappa shape index (κ1) is 15.5. The first-order valence-corrected chi connectivity index (χ1v) is 8.14. The van der Waals surface area contributed by atoms with Crippen LogP contribution in [0.3, 0.4) is 0 Å². The van der Waals surface area contributed by atoms with Crippen LogP contribution < -0.4 is 0 Å². The number of carbonyl (C=O) groups is 2. The van der Waals surface area contributed by atoms with Crippen molar-refractivity contribution in [1.82, 2.24) is 5.01 Å². The molecule has 0 bridgehead atoms. The maximum atomic E-state index is 12.4. The Bertz CT molecular complexity index is 748. The standard InChI is InChI=1S/C16H16N2O4S/c1-10-4-5-13(22-10)11-9-12(14-3-2-8-23-14)18(17-11)15(19)6-7-16(20)21/h2-5,8,12H,6-7,9H2,1H3,(H,20,21)/t12-/m1/s1. The first-order chi connectivity index (χ1) is 11.0. The number of hydrogen-bond donors (Lipinski definition) is 1. The summed E-state index contributed by atoms with van der Waals surface area (Å²) in [6.07, 6.45) is 0.300. The third kappa shape index (κ3) is 3.34. The van der Waals surface area contributed by atoms with Crippen LogP contribution in [0.1, 0.15) is 41.7 Å². The fourth-order valence-corrected chi connectivity index (χ4v) is 3.32. The number of hydrazone groups is 1. The molecule has 1 N–H and O–H groups in total. The van der Waals surface area contributed by atoms with Gasteiger partial charge in [-0.15, -0.1) is 11.3 Å². The molecule has 0 saturated heterocycles. The van der Waals surface area contributed by atoms with Crippen LogP contribution in [-0.4, -0.2) is 27.7 Å². The van der Waals surface area contributed by atoms with Gasteiger partial charge in [0.1, 0.15) is 17.2 Å². The van der Waals surface area contributed by atoms with E-state index in [4.69, 9.17) is 9.52 Å². The van der Waals surface area contributed by atoms with Crippen LogP contribution in [0.25, 0.3) is 0 Å². The van der Waals surface area contributed by atoms with E-state index in [0.29, 0.717) is 17.9 Å². The fourth-order valence-electron chi connectivity index (χ4n) is 2.51. The number of aryl methyl sites for hydroxylation is 1. The second-order valence-electron chi connectivity index (χ2n) is 5.32. The van der Waals surface area contributed by atoms with Crippen LogP contribution >= 0.6 is 11.3 Å². The van der Waals surface area contributed by atoms with Crippen LogP contribution in [0.5, 0.6) is 0 Å². The zero-order valence-electron chi connectivity index (χ0n) is 12.6. The predicted molar refractivity (Wildman–Crippen MR) is 85.4 cm³/mol. The summed E-state index contributed by atoms with van der Waals surface area (Å²) in [5.41, 5.74) is 0.708. The molecule has 2 aromatic heterocycles. The Hall–Kier alpha value is -2.41. The zero-order valence-corrected chi connectivity index (χ0v) is 13.4. The molecule has 1 amide bonds. The van der Waals surface area contributed by atoms with Gasteiger partial charge in [0.2, 0.25) is 5.91 Å². The molecular weight excluding hydrogens is 316 g/mol. The molecule has 0 fully saturated rings. The van der Waals surface area contributed by atoms with E-state index in [0.717, 1.165) is 10.6 Å². The summed E-state index contributed by atoms with van der Waals surface area (Å²) >= 11 is 1.55. The number of nitrogens with zero attached hydrogens (tertiary/aromatic N) is 2. The van der Waals surface area contributed by atoms with E-state index in [9.17, 15) is 9.59 Å². The SMILES string of the molecule is Cc1ccc(C2=NN(C(=O)CCC(=O)O)[C@@H](c3cccs3)C2)o1. The largest absolute Gasteiger partial charge is 0.481 e.